The molecule has 0 amide bonds. The average Bonchev–Trinajstić information content (AvgIpc) is 2.13. The molecule has 0 bridgehead atoms. The Balaban J connectivity index is 4.16. The predicted octanol–water partition coefficient (Wildman–Crippen LogP) is 1.86. The minimum atomic E-state index is -2.88. The minimum Gasteiger partial charge on any atom is -0.316 e. The van der Waals surface area contributed by atoms with Crippen LogP contribution in [0, 0.1) is 11.3 Å². The van der Waals surface area contributed by atoms with E-state index in [4.69, 9.17) is 0 Å². The summed E-state index contributed by atoms with van der Waals surface area (Å²) in [6, 6.07) is 0. The average molecular weight is 247 g/mol. The summed E-state index contributed by atoms with van der Waals surface area (Å²) in [5.41, 5.74) is -0.141. The van der Waals surface area contributed by atoms with Crippen LogP contribution in [0.4, 0.5) is 0 Å². The van der Waals surface area contributed by atoms with Gasteiger partial charge in [-0.05, 0) is 24.3 Å². The molecule has 1 N–H and O–H groups in total. The summed E-state index contributed by atoms with van der Waals surface area (Å²) in [5, 5.41) is 3.35. The van der Waals surface area contributed by atoms with Gasteiger partial charge in [0.15, 0.2) is 0 Å². The van der Waals surface area contributed by atoms with Crippen LogP contribution in [0.3, 0.4) is 0 Å². The molecule has 0 fully saturated rings. The van der Waals surface area contributed by atoms with Crippen LogP contribution in [0.1, 0.15) is 27.2 Å². The van der Waals surface area contributed by atoms with Crippen LogP contribution in [-0.4, -0.2) is 33.5 Å². The molecule has 96 valence electrons. The maximum absolute atomic E-state index is 11.1. The quantitative estimate of drug-likeness (QED) is 0.666. The number of nitrogens with one attached hydrogen (secondary N) is 1. The summed E-state index contributed by atoms with van der Waals surface area (Å²) in [5.74, 6) is 0.822. The maximum Gasteiger partial charge on any atom is 0.147 e. The van der Waals surface area contributed by atoms with Crippen molar-refractivity contribution in [3.05, 3.63) is 12.7 Å². The predicted molar refractivity (Wildman–Crippen MR) is 70.3 cm³/mol. The highest BCUT2D eigenvalue weighted by atomic mass is 32.2. The van der Waals surface area contributed by atoms with E-state index in [1.54, 1.807) is 0 Å². The standard InChI is InChI=1S/C12H25NO2S/c1-6-12(4,7-8-16(5,14)15)10-13-9-11(2)3/h6,11,13H,1,7-10H2,2-5H3. The SMILES string of the molecule is C=CC(C)(CCS(C)(=O)=O)CNCC(C)C. The van der Waals surface area contributed by atoms with Gasteiger partial charge in [0.05, 0.1) is 5.75 Å². The first-order chi connectivity index (χ1) is 7.18. The third-order valence-corrected chi connectivity index (χ3v) is 3.56. The van der Waals surface area contributed by atoms with Crippen LogP contribution in [-0.2, 0) is 9.84 Å². The molecular weight excluding hydrogens is 222 g/mol. The minimum absolute atomic E-state index is 0.141. The number of rotatable bonds is 8. The zero-order valence-electron chi connectivity index (χ0n) is 10.9. The van der Waals surface area contributed by atoms with Crippen molar-refractivity contribution in [1.29, 1.82) is 0 Å². The van der Waals surface area contributed by atoms with E-state index in [9.17, 15) is 8.42 Å². The van der Waals surface area contributed by atoms with Crippen molar-refractivity contribution in [3.8, 4) is 0 Å². The molecule has 1 unspecified atom stereocenters. The van der Waals surface area contributed by atoms with E-state index in [-0.39, 0.29) is 11.2 Å². The molecule has 4 heteroatoms. The van der Waals surface area contributed by atoms with Crippen molar-refractivity contribution in [2.24, 2.45) is 11.3 Å². The van der Waals surface area contributed by atoms with Crippen molar-refractivity contribution >= 4 is 9.84 Å². The third kappa shape index (κ3) is 7.88. The summed E-state index contributed by atoms with van der Waals surface area (Å²) in [7, 11) is -2.88. The lowest BCUT2D eigenvalue weighted by molar-refractivity contribution is 0.369. The fourth-order valence-corrected chi connectivity index (χ4v) is 2.16. The highest BCUT2D eigenvalue weighted by molar-refractivity contribution is 7.90. The smallest absolute Gasteiger partial charge is 0.147 e. The van der Waals surface area contributed by atoms with Gasteiger partial charge >= 0.3 is 0 Å². The first kappa shape index (κ1) is 15.7. The van der Waals surface area contributed by atoms with Crippen LogP contribution in [0.5, 0.6) is 0 Å². The van der Waals surface area contributed by atoms with Gasteiger partial charge in [-0.2, -0.15) is 0 Å². The first-order valence-corrected chi connectivity index (χ1v) is 7.76. The van der Waals surface area contributed by atoms with E-state index in [2.05, 4.69) is 25.7 Å². The second-order valence-electron chi connectivity index (χ2n) is 5.26. The summed E-state index contributed by atoms with van der Waals surface area (Å²) in [6.07, 6.45) is 3.75. The number of hydrogen-bond donors (Lipinski definition) is 1. The summed E-state index contributed by atoms with van der Waals surface area (Å²) in [6.45, 7) is 11.9. The zero-order chi connectivity index (χ0) is 12.8. The fourth-order valence-electron chi connectivity index (χ4n) is 1.33. The number of hydrogen-bond acceptors (Lipinski definition) is 3. The van der Waals surface area contributed by atoms with E-state index < -0.39 is 9.84 Å². The summed E-state index contributed by atoms with van der Waals surface area (Å²) >= 11 is 0. The van der Waals surface area contributed by atoms with Crippen LogP contribution < -0.4 is 5.32 Å². The van der Waals surface area contributed by atoms with E-state index in [0.29, 0.717) is 12.3 Å². The van der Waals surface area contributed by atoms with Gasteiger partial charge in [-0.25, -0.2) is 8.42 Å². The lowest BCUT2D eigenvalue weighted by Gasteiger charge is -2.26. The summed E-state index contributed by atoms with van der Waals surface area (Å²) < 4.78 is 22.2. The first-order valence-electron chi connectivity index (χ1n) is 5.70. The van der Waals surface area contributed by atoms with Gasteiger partial charge in [-0.15, -0.1) is 6.58 Å². The molecule has 0 saturated carbocycles. The van der Waals surface area contributed by atoms with Crippen molar-refractivity contribution in [2.45, 2.75) is 27.2 Å². The molecule has 0 aliphatic rings. The molecule has 0 rings (SSSR count). The Bertz CT molecular complexity index is 309. The van der Waals surface area contributed by atoms with Crippen LogP contribution >= 0.6 is 0 Å². The van der Waals surface area contributed by atoms with Crippen molar-refractivity contribution in [2.75, 3.05) is 25.1 Å². The Labute approximate surface area is 100 Å². The third-order valence-electron chi connectivity index (χ3n) is 2.62. The van der Waals surface area contributed by atoms with Gasteiger partial charge in [-0.3, -0.25) is 0 Å². The normalized spacial score (nSPS) is 16.1. The lowest BCUT2D eigenvalue weighted by atomic mass is 9.87. The van der Waals surface area contributed by atoms with Gasteiger partial charge in [0, 0.05) is 12.8 Å². The molecule has 0 spiro atoms. The largest absolute Gasteiger partial charge is 0.316 e. The molecule has 0 aromatic carbocycles. The number of sulfone groups is 1. The van der Waals surface area contributed by atoms with E-state index >= 15 is 0 Å². The van der Waals surface area contributed by atoms with Gasteiger partial charge in [0.1, 0.15) is 9.84 Å². The molecule has 0 aliphatic heterocycles. The molecule has 0 aromatic heterocycles. The Kier molecular flexibility index (Phi) is 6.26. The lowest BCUT2D eigenvalue weighted by Crippen LogP contribution is -2.33. The highest BCUT2D eigenvalue weighted by Crippen LogP contribution is 2.22. The van der Waals surface area contributed by atoms with Crippen molar-refractivity contribution in [3.63, 3.8) is 0 Å². The van der Waals surface area contributed by atoms with E-state index in [1.165, 1.54) is 6.26 Å². The van der Waals surface area contributed by atoms with Crippen molar-refractivity contribution in [1.82, 2.24) is 5.32 Å². The Morgan fingerprint density at radius 1 is 1.44 bits per heavy atom. The molecule has 0 aliphatic carbocycles. The molecule has 16 heavy (non-hydrogen) atoms. The van der Waals surface area contributed by atoms with Crippen molar-refractivity contribution < 1.29 is 8.42 Å². The maximum atomic E-state index is 11.1. The Morgan fingerprint density at radius 3 is 2.38 bits per heavy atom. The Morgan fingerprint density at radius 2 is 2.00 bits per heavy atom. The van der Waals surface area contributed by atoms with Gasteiger partial charge in [0.25, 0.3) is 0 Å². The van der Waals surface area contributed by atoms with Gasteiger partial charge in [-0.1, -0.05) is 26.8 Å². The van der Waals surface area contributed by atoms with Gasteiger partial charge in [0.2, 0.25) is 0 Å². The van der Waals surface area contributed by atoms with Crippen LogP contribution in [0.2, 0.25) is 0 Å². The van der Waals surface area contributed by atoms with Gasteiger partial charge < -0.3 is 5.32 Å². The van der Waals surface area contributed by atoms with E-state index in [0.717, 1.165) is 13.1 Å². The second-order valence-corrected chi connectivity index (χ2v) is 7.52. The molecule has 0 heterocycles. The molecule has 0 saturated heterocycles. The molecule has 0 radical (unpaired) electrons. The monoisotopic (exact) mass is 247 g/mol. The molecule has 0 aromatic rings. The fraction of sp³-hybridized carbons (Fsp3) is 0.833. The van der Waals surface area contributed by atoms with Crippen LogP contribution in [0.25, 0.3) is 0 Å². The highest BCUT2D eigenvalue weighted by Gasteiger charge is 2.21. The topological polar surface area (TPSA) is 46.2 Å². The van der Waals surface area contributed by atoms with E-state index in [1.807, 2.05) is 13.0 Å². The molecular formula is C12H25NO2S. The zero-order valence-corrected chi connectivity index (χ0v) is 11.7. The molecule has 3 nitrogen and oxygen atoms in total. The van der Waals surface area contributed by atoms with Crippen LogP contribution in [0.15, 0.2) is 12.7 Å². The Hall–Kier alpha value is -0.350. The second kappa shape index (κ2) is 6.40. The summed E-state index contributed by atoms with van der Waals surface area (Å²) in [4.78, 5) is 0. The molecule has 1 atom stereocenters.